The predicted octanol–water partition coefficient (Wildman–Crippen LogP) is 3.40. The Bertz CT molecular complexity index is 902. The number of benzene rings is 1. The number of aromatic nitrogens is 2. The summed E-state index contributed by atoms with van der Waals surface area (Å²) in [4.78, 5) is 19.9. The lowest BCUT2D eigenvalue weighted by molar-refractivity contribution is 0.0910. The lowest BCUT2D eigenvalue weighted by atomic mass is 9.97. The highest BCUT2D eigenvalue weighted by Crippen LogP contribution is 2.31. The normalized spacial score (nSPS) is 24.2. The van der Waals surface area contributed by atoms with E-state index in [1.807, 2.05) is 24.4 Å². The molecule has 1 aromatic carbocycles. The first-order valence-electron chi connectivity index (χ1n) is 11.4. The molecule has 0 saturated heterocycles. The highest BCUT2D eigenvalue weighted by atomic mass is 16.5. The van der Waals surface area contributed by atoms with Crippen LogP contribution in [-0.4, -0.2) is 46.1 Å². The summed E-state index contributed by atoms with van der Waals surface area (Å²) in [5, 5.41) is 3.12. The van der Waals surface area contributed by atoms with Crippen LogP contribution < -0.4 is 10.1 Å². The summed E-state index contributed by atoms with van der Waals surface area (Å²) >= 11 is 0. The summed E-state index contributed by atoms with van der Waals surface area (Å²) in [7, 11) is 2.19. The second-order valence-corrected chi connectivity index (χ2v) is 9.28. The van der Waals surface area contributed by atoms with E-state index >= 15 is 0 Å². The van der Waals surface area contributed by atoms with Crippen molar-refractivity contribution in [1.82, 2.24) is 19.8 Å². The van der Waals surface area contributed by atoms with E-state index in [2.05, 4.69) is 32.9 Å². The molecule has 6 nitrogen and oxygen atoms in total. The monoisotopic (exact) mass is 408 g/mol. The minimum atomic E-state index is -0.102. The standard InChI is InChI=1S/C24H32N4O2/c1-27-15-23-26-21(14-28(23)13-20(27)11-10-17-6-2-3-7-17)24(29)25-19-12-18-8-4-5-9-22(18)30-16-19/h4-5,8-9,14,17,19-20H,2-3,6-7,10-13,15-16H2,1H3,(H,25,29). The number of nitrogens with one attached hydrogen (secondary N) is 1. The molecule has 0 radical (unpaired) electrons. The number of hydrogen-bond acceptors (Lipinski definition) is 4. The van der Waals surface area contributed by atoms with E-state index in [4.69, 9.17) is 4.74 Å². The molecule has 5 rings (SSSR count). The van der Waals surface area contributed by atoms with Gasteiger partial charge in [-0.2, -0.15) is 0 Å². The molecule has 0 bridgehead atoms. The third-order valence-electron chi connectivity index (χ3n) is 7.11. The molecule has 1 fully saturated rings. The number of nitrogens with zero attached hydrogens (tertiary/aromatic N) is 3. The minimum Gasteiger partial charge on any atom is -0.491 e. The zero-order valence-electron chi connectivity index (χ0n) is 17.8. The maximum atomic E-state index is 12.8. The van der Waals surface area contributed by atoms with Gasteiger partial charge in [0, 0.05) is 18.8 Å². The number of carbonyl (C=O) groups is 1. The van der Waals surface area contributed by atoms with Crippen LogP contribution in [0.25, 0.3) is 0 Å². The summed E-state index contributed by atoms with van der Waals surface area (Å²) in [5.74, 6) is 2.74. The zero-order valence-corrected chi connectivity index (χ0v) is 17.8. The van der Waals surface area contributed by atoms with E-state index in [9.17, 15) is 4.79 Å². The number of imidazole rings is 1. The number of ether oxygens (including phenoxy) is 1. The molecule has 1 aliphatic carbocycles. The van der Waals surface area contributed by atoms with E-state index in [0.717, 1.165) is 42.6 Å². The van der Waals surface area contributed by atoms with Crippen molar-refractivity contribution in [3.63, 3.8) is 0 Å². The molecular formula is C24H32N4O2. The molecule has 2 aromatic rings. The largest absolute Gasteiger partial charge is 0.491 e. The Balaban J connectivity index is 1.20. The molecule has 1 aromatic heterocycles. The fourth-order valence-electron chi connectivity index (χ4n) is 5.29. The van der Waals surface area contributed by atoms with Crippen molar-refractivity contribution in [2.75, 3.05) is 13.7 Å². The van der Waals surface area contributed by atoms with Crippen molar-refractivity contribution in [2.24, 2.45) is 5.92 Å². The molecule has 0 spiro atoms. The highest BCUT2D eigenvalue weighted by molar-refractivity contribution is 5.92. The van der Waals surface area contributed by atoms with Gasteiger partial charge in [0.2, 0.25) is 0 Å². The molecule has 6 heteroatoms. The first kappa shape index (κ1) is 19.6. The Kier molecular flexibility index (Phi) is 5.50. The lowest BCUT2D eigenvalue weighted by Gasteiger charge is -2.33. The van der Waals surface area contributed by atoms with Gasteiger partial charge < -0.3 is 14.6 Å². The van der Waals surface area contributed by atoms with Crippen LogP contribution in [0.1, 0.15) is 60.4 Å². The Hall–Kier alpha value is -2.34. The maximum Gasteiger partial charge on any atom is 0.271 e. The minimum absolute atomic E-state index is 0.0204. The van der Waals surface area contributed by atoms with Gasteiger partial charge in [0.25, 0.3) is 5.91 Å². The van der Waals surface area contributed by atoms with Crippen LogP contribution >= 0.6 is 0 Å². The number of carbonyl (C=O) groups excluding carboxylic acids is 1. The van der Waals surface area contributed by atoms with Gasteiger partial charge in [-0.05, 0) is 43.9 Å². The third kappa shape index (κ3) is 4.10. The number of para-hydroxylation sites is 1. The van der Waals surface area contributed by atoms with Gasteiger partial charge >= 0.3 is 0 Å². The first-order chi connectivity index (χ1) is 14.7. The predicted molar refractivity (Wildman–Crippen MR) is 116 cm³/mol. The summed E-state index contributed by atoms with van der Waals surface area (Å²) in [6.45, 7) is 2.24. The number of rotatable bonds is 5. The molecule has 2 atom stereocenters. The van der Waals surface area contributed by atoms with E-state index in [-0.39, 0.29) is 11.9 Å². The Morgan fingerprint density at radius 2 is 2.07 bits per heavy atom. The third-order valence-corrected chi connectivity index (χ3v) is 7.11. The quantitative estimate of drug-likeness (QED) is 0.824. The summed E-state index contributed by atoms with van der Waals surface area (Å²) < 4.78 is 8.00. The fourth-order valence-corrected chi connectivity index (χ4v) is 5.29. The van der Waals surface area contributed by atoms with Gasteiger partial charge in [-0.1, -0.05) is 43.9 Å². The molecule has 1 amide bonds. The van der Waals surface area contributed by atoms with Gasteiger partial charge in [-0.15, -0.1) is 0 Å². The van der Waals surface area contributed by atoms with Gasteiger partial charge in [-0.3, -0.25) is 9.69 Å². The number of fused-ring (bicyclic) bond motifs is 2. The Morgan fingerprint density at radius 3 is 2.93 bits per heavy atom. The van der Waals surface area contributed by atoms with E-state index < -0.39 is 0 Å². The van der Waals surface area contributed by atoms with Crippen LogP contribution in [0.3, 0.4) is 0 Å². The molecule has 3 aliphatic rings. The van der Waals surface area contributed by atoms with Crippen molar-refractivity contribution >= 4 is 5.91 Å². The average Bonchev–Trinajstić information content (AvgIpc) is 3.41. The Morgan fingerprint density at radius 1 is 1.23 bits per heavy atom. The fraction of sp³-hybridized carbons (Fsp3) is 0.583. The van der Waals surface area contributed by atoms with Crippen LogP contribution in [0, 0.1) is 5.92 Å². The number of hydrogen-bond donors (Lipinski definition) is 1. The zero-order chi connectivity index (χ0) is 20.5. The molecule has 1 N–H and O–H groups in total. The second-order valence-electron chi connectivity index (χ2n) is 9.28. The average molecular weight is 409 g/mol. The van der Waals surface area contributed by atoms with Crippen molar-refractivity contribution < 1.29 is 9.53 Å². The SMILES string of the molecule is CN1Cc2nc(C(=O)NC3COc4ccccc4C3)cn2CC1CCC1CCCC1. The van der Waals surface area contributed by atoms with Crippen LogP contribution in [-0.2, 0) is 19.5 Å². The van der Waals surface area contributed by atoms with Gasteiger partial charge in [0.1, 0.15) is 23.9 Å². The lowest BCUT2D eigenvalue weighted by Crippen LogP contribution is -2.42. The first-order valence-corrected chi connectivity index (χ1v) is 11.4. The highest BCUT2D eigenvalue weighted by Gasteiger charge is 2.28. The molecular weight excluding hydrogens is 376 g/mol. The molecule has 2 unspecified atom stereocenters. The van der Waals surface area contributed by atoms with Crippen LogP contribution in [0.2, 0.25) is 0 Å². The Labute approximate surface area is 178 Å². The number of likely N-dealkylation sites (N-methyl/N-ethyl adjacent to an activating group) is 1. The molecule has 1 saturated carbocycles. The summed E-state index contributed by atoms with van der Waals surface area (Å²) in [5.41, 5.74) is 1.67. The van der Waals surface area contributed by atoms with Gasteiger partial charge in [0.15, 0.2) is 0 Å². The molecule has 2 aliphatic heterocycles. The van der Waals surface area contributed by atoms with Crippen LogP contribution in [0.4, 0.5) is 0 Å². The van der Waals surface area contributed by atoms with Crippen molar-refractivity contribution in [2.45, 2.75) is 70.1 Å². The van der Waals surface area contributed by atoms with E-state index in [1.54, 1.807) is 0 Å². The maximum absolute atomic E-state index is 12.8. The van der Waals surface area contributed by atoms with E-state index in [0.29, 0.717) is 18.3 Å². The molecule has 160 valence electrons. The van der Waals surface area contributed by atoms with Gasteiger partial charge in [0.05, 0.1) is 12.6 Å². The smallest absolute Gasteiger partial charge is 0.271 e. The topological polar surface area (TPSA) is 59.4 Å². The number of amides is 1. The van der Waals surface area contributed by atoms with Gasteiger partial charge in [-0.25, -0.2) is 4.98 Å². The summed E-state index contributed by atoms with van der Waals surface area (Å²) in [6, 6.07) is 8.54. The second kappa shape index (κ2) is 8.42. The van der Waals surface area contributed by atoms with E-state index in [1.165, 1.54) is 38.5 Å². The molecule has 3 heterocycles. The molecule has 30 heavy (non-hydrogen) atoms. The summed E-state index contributed by atoms with van der Waals surface area (Å²) in [6.07, 6.45) is 10.9. The van der Waals surface area contributed by atoms with Crippen molar-refractivity contribution in [3.8, 4) is 5.75 Å². The van der Waals surface area contributed by atoms with Crippen molar-refractivity contribution in [3.05, 3.63) is 47.5 Å². The van der Waals surface area contributed by atoms with Crippen LogP contribution in [0.15, 0.2) is 30.5 Å². The van der Waals surface area contributed by atoms with Crippen molar-refractivity contribution in [1.29, 1.82) is 0 Å². The van der Waals surface area contributed by atoms with Crippen LogP contribution in [0.5, 0.6) is 5.75 Å².